The molecule has 0 aliphatic carbocycles. The molecule has 0 aliphatic rings. The van der Waals surface area contributed by atoms with Crippen LogP contribution in [0.4, 0.5) is 0 Å². The van der Waals surface area contributed by atoms with E-state index in [2.05, 4.69) is 66.9 Å². The molecule has 0 amide bonds. The van der Waals surface area contributed by atoms with Crippen molar-refractivity contribution in [2.24, 2.45) is 0 Å². The molecule has 0 fully saturated rings. The summed E-state index contributed by atoms with van der Waals surface area (Å²) in [5.74, 6) is -0.0819. The van der Waals surface area contributed by atoms with Gasteiger partial charge in [0.25, 0.3) is 8.32 Å². The molecule has 6 heteroatoms. The van der Waals surface area contributed by atoms with Crippen molar-refractivity contribution in [2.45, 2.75) is 97.1 Å². The second-order valence-electron chi connectivity index (χ2n) is 8.68. The summed E-state index contributed by atoms with van der Waals surface area (Å²) in [6.07, 6.45) is 2.13. The van der Waals surface area contributed by atoms with E-state index in [0.29, 0.717) is 23.2 Å². The van der Waals surface area contributed by atoms with Gasteiger partial charge in [0.15, 0.2) is 8.32 Å². The summed E-state index contributed by atoms with van der Waals surface area (Å²) < 4.78 is 12.1. The Balaban J connectivity index is 4.34. The first-order valence-electron chi connectivity index (χ1n) is 10.1. The molecule has 0 unspecified atom stereocenters. The lowest BCUT2D eigenvalue weighted by molar-refractivity contribution is -0.134. The molecule has 0 spiro atoms. The van der Waals surface area contributed by atoms with Crippen LogP contribution in [-0.2, 0) is 13.6 Å². The van der Waals surface area contributed by atoms with Crippen LogP contribution in [0, 0.1) is 0 Å². The Morgan fingerprint density at radius 3 is 1.96 bits per heavy atom. The van der Waals surface area contributed by atoms with E-state index < -0.39 is 16.6 Å². The molecule has 150 valence electrons. The predicted octanol–water partition coefficient (Wildman–Crippen LogP) is 5.32. The van der Waals surface area contributed by atoms with Crippen molar-refractivity contribution in [1.82, 2.24) is 5.32 Å². The first-order chi connectivity index (χ1) is 11.5. The van der Waals surface area contributed by atoms with Crippen LogP contribution in [0.2, 0.25) is 35.8 Å². The van der Waals surface area contributed by atoms with E-state index in [-0.39, 0.29) is 5.97 Å². The van der Waals surface area contributed by atoms with Crippen molar-refractivity contribution in [2.75, 3.05) is 19.7 Å². The number of nitrogens with one attached hydrogen (secondary N) is 1. The van der Waals surface area contributed by atoms with E-state index in [1.807, 2.05) is 0 Å². The summed E-state index contributed by atoms with van der Waals surface area (Å²) in [6.45, 7) is 21.9. The molecular formula is C19H43NO3Si2. The summed E-state index contributed by atoms with van der Waals surface area (Å²) in [7, 11) is -3.64. The Hall–Kier alpha value is -0.176. The highest BCUT2D eigenvalue weighted by molar-refractivity contribution is 6.78. The van der Waals surface area contributed by atoms with E-state index in [4.69, 9.17) is 8.85 Å². The molecular weight excluding hydrogens is 346 g/mol. The summed E-state index contributed by atoms with van der Waals surface area (Å²) in [5, 5.41) is 3.27. The summed E-state index contributed by atoms with van der Waals surface area (Å²) in [6, 6.07) is 1.12. The molecule has 0 atom stereocenters. The van der Waals surface area contributed by atoms with Gasteiger partial charge >= 0.3 is 5.97 Å². The monoisotopic (exact) mass is 389 g/mol. The fourth-order valence-electron chi connectivity index (χ4n) is 3.87. The van der Waals surface area contributed by atoms with Crippen LogP contribution in [0.1, 0.15) is 61.3 Å². The van der Waals surface area contributed by atoms with Crippen LogP contribution in [0.3, 0.4) is 0 Å². The third-order valence-electron chi connectivity index (χ3n) is 5.10. The normalized spacial score (nSPS) is 13.1. The third-order valence-corrected chi connectivity index (χ3v) is 13.6. The van der Waals surface area contributed by atoms with Gasteiger partial charge in [0, 0.05) is 6.61 Å². The molecule has 0 aromatic rings. The second kappa shape index (κ2) is 11.5. The zero-order valence-corrected chi connectivity index (χ0v) is 20.2. The molecule has 4 nitrogen and oxygen atoms in total. The van der Waals surface area contributed by atoms with Gasteiger partial charge in [0.2, 0.25) is 0 Å². The fraction of sp³-hybridized carbons (Fsp3) is 0.947. The van der Waals surface area contributed by atoms with Gasteiger partial charge in [0.1, 0.15) is 0 Å². The smallest absolute Gasteiger partial charge is 0.306 e. The number of carbonyl (C=O) groups is 1. The minimum Gasteiger partial charge on any atom is -0.517 e. The third kappa shape index (κ3) is 8.37. The largest absolute Gasteiger partial charge is 0.517 e. The highest BCUT2D eigenvalue weighted by Crippen LogP contribution is 2.42. The summed E-state index contributed by atoms with van der Waals surface area (Å²) in [4.78, 5) is 12.4. The number of hydrogen-bond donors (Lipinski definition) is 1. The molecule has 25 heavy (non-hydrogen) atoms. The molecule has 0 saturated heterocycles. The van der Waals surface area contributed by atoms with Crippen molar-refractivity contribution >= 4 is 22.6 Å². The Labute approximate surface area is 158 Å². The van der Waals surface area contributed by atoms with Crippen LogP contribution in [0.15, 0.2) is 0 Å². The van der Waals surface area contributed by atoms with Gasteiger partial charge in [-0.05, 0) is 55.1 Å². The van der Waals surface area contributed by atoms with Gasteiger partial charge in [-0.15, -0.1) is 0 Å². The van der Waals surface area contributed by atoms with Gasteiger partial charge in [0.05, 0.1) is 6.54 Å². The summed E-state index contributed by atoms with van der Waals surface area (Å²) in [5.41, 5.74) is 1.29. The highest BCUT2D eigenvalue weighted by Gasteiger charge is 2.48. The van der Waals surface area contributed by atoms with Crippen molar-refractivity contribution in [3.05, 3.63) is 0 Å². The first kappa shape index (κ1) is 24.8. The summed E-state index contributed by atoms with van der Waals surface area (Å²) >= 11 is 0. The van der Waals surface area contributed by atoms with Gasteiger partial charge in [-0.25, -0.2) is 0 Å². The molecule has 0 aliphatic heterocycles. The average Bonchev–Trinajstić information content (AvgIpc) is 2.49. The van der Waals surface area contributed by atoms with Gasteiger partial charge in [-0.1, -0.05) is 48.5 Å². The zero-order chi connectivity index (χ0) is 19.7. The lowest BCUT2D eigenvalue weighted by atomic mass is 10.5. The minimum atomic E-state index is -2.11. The number of carbonyl (C=O) groups excluding carboxylic acids is 1. The van der Waals surface area contributed by atoms with Crippen LogP contribution in [0.25, 0.3) is 0 Å². The molecule has 0 aromatic heterocycles. The number of hydrogen-bond acceptors (Lipinski definition) is 4. The zero-order valence-electron chi connectivity index (χ0n) is 18.2. The molecule has 0 rings (SSSR count). The van der Waals surface area contributed by atoms with Crippen molar-refractivity contribution in [1.29, 1.82) is 0 Å². The van der Waals surface area contributed by atoms with E-state index >= 15 is 0 Å². The van der Waals surface area contributed by atoms with Crippen molar-refractivity contribution in [3.8, 4) is 0 Å². The highest BCUT2D eigenvalue weighted by atomic mass is 28.4. The topological polar surface area (TPSA) is 47.6 Å². The minimum absolute atomic E-state index is 0.0819. The van der Waals surface area contributed by atoms with Crippen molar-refractivity contribution in [3.63, 3.8) is 0 Å². The molecule has 0 bridgehead atoms. The van der Waals surface area contributed by atoms with Crippen molar-refractivity contribution < 1.29 is 13.6 Å². The Bertz CT molecular complexity index is 363. The maximum absolute atomic E-state index is 12.4. The van der Waals surface area contributed by atoms with E-state index in [0.717, 1.165) is 32.0 Å². The van der Waals surface area contributed by atoms with Crippen LogP contribution >= 0.6 is 0 Å². The maximum Gasteiger partial charge on any atom is 0.306 e. The standard InChI is InChI=1S/C19H43NO3Si2/c1-10-13-22-24(8,9)14-11-12-20-15-19(21)23-25(16(2)3,17(4)5)18(6)7/h16-18,20H,10-15H2,1-9H3. The molecule has 0 saturated carbocycles. The molecule has 0 radical (unpaired) electrons. The van der Waals surface area contributed by atoms with Crippen LogP contribution in [-0.4, -0.2) is 42.3 Å². The average molecular weight is 390 g/mol. The Morgan fingerprint density at radius 2 is 1.52 bits per heavy atom. The van der Waals surface area contributed by atoms with Gasteiger partial charge in [-0.2, -0.15) is 0 Å². The molecule has 0 aromatic carbocycles. The van der Waals surface area contributed by atoms with Crippen LogP contribution in [0.5, 0.6) is 0 Å². The SMILES string of the molecule is CCCO[Si](C)(C)CCCNCC(=O)O[Si](C(C)C)(C(C)C)C(C)C. The predicted molar refractivity (Wildman–Crippen MR) is 113 cm³/mol. The van der Waals surface area contributed by atoms with E-state index in [1.165, 1.54) is 0 Å². The van der Waals surface area contributed by atoms with E-state index in [9.17, 15) is 4.79 Å². The fourth-order valence-corrected chi connectivity index (χ4v) is 11.0. The quantitative estimate of drug-likeness (QED) is 0.342. The Kier molecular flexibility index (Phi) is 11.4. The maximum atomic E-state index is 12.4. The van der Waals surface area contributed by atoms with Crippen LogP contribution < -0.4 is 5.32 Å². The lowest BCUT2D eigenvalue weighted by Gasteiger charge is -2.41. The molecule has 0 heterocycles. The first-order valence-corrected chi connectivity index (χ1v) is 15.3. The van der Waals surface area contributed by atoms with Gasteiger partial charge < -0.3 is 14.2 Å². The van der Waals surface area contributed by atoms with Gasteiger partial charge in [-0.3, -0.25) is 4.79 Å². The number of rotatable bonds is 13. The lowest BCUT2D eigenvalue weighted by Crippen LogP contribution is -2.50. The molecule has 1 N–H and O–H groups in total. The second-order valence-corrected chi connectivity index (χ2v) is 18.4. The Morgan fingerprint density at radius 1 is 1.00 bits per heavy atom. The van der Waals surface area contributed by atoms with E-state index in [1.54, 1.807) is 0 Å².